The number of fused-ring (bicyclic) bond motifs is 2. The zero-order valence-corrected chi connectivity index (χ0v) is 21.7. The number of rotatable bonds is 7. The third kappa shape index (κ3) is 4.31. The molecule has 1 N–H and O–H groups in total. The molecular formula is C29H27FN4O6. The molecule has 206 valence electrons. The summed E-state index contributed by atoms with van der Waals surface area (Å²) in [6.07, 6.45) is 4.07. The SMILES string of the molecule is Cn1cc(-c2ccc3c(c2)CC[C@@]32OC(=O)N(CC(=O)N(Cc3ccc(F)cc3)C3CC(C(=O)O)C3)C2=O)cn1. The van der Waals surface area contributed by atoms with Crippen LogP contribution in [0.4, 0.5) is 9.18 Å². The van der Waals surface area contributed by atoms with Gasteiger partial charge in [0.25, 0.3) is 5.91 Å². The monoisotopic (exact) mass is 546 g/mol. The number of carbonyl (C=O) groups is 4. The van der Waals surface area contributed by atoms with E-state index in [-0.39, 0.29) is 31.8 Å². The van der Waals surface area contributed by atoms with E-state index in [4.69, 9.17) is 4.74 Å². The molecular weight excluding hydrogens is 519 g/mol. The van der Waals surface area contributed by atoms with Crippen molar-refractivity contribution in [3.05, 3.63) is 77.4 Å². The number of hydrogen-bond acceptors (Lipinski definition) is 6. The van der Waals surface area contributed by atoms with Crippen molar-refractivity contribution in [1.82, 2.24) is 19.6 Å². The maximum atomic E-state index is 13.7. The van der Waals surface area contributed by atoms with Crippen LogP contribution in [0.2, 0.25) is 0 Å². The van der Waals surface area contributed by atoms with Crippen molar-refractivity contribution < 1.29 is 33.4 Å². The van der Waals surface area contributed by atoms with Crippen molar-refractivity contribution in [2.24, 2.45) is 13.0 Å². The van der Waals surface area contributed by atoms with Crippen LogP contribution in [0.15, 0.2) is 54.9 Å². The molecule has 10 nitrogen and oxygen atoms in total. The van der Waals surface area contributed by atoms with Gasteiger partial charge in [-0.25, -0.2) is 14.1 Å². The zero-order chi connectivity index (χ0) is 28.2. The van der Waals surface area contributed by atoms with Crippen molar-refractivity contribution in [2.75, 3.05) is 6.54 Å². The van der Waals surface area contributed by atoms with E-state index in [1.165, 1.54) is 17.0 Å². The summed E-state index contributed by atoms with van der Waals surface area (Å²) in [6.45, 7) is -0.434. The summed E-state index contributed by atoms with van der Waals surface area (Å²) in [4.78, 5) is 53.9. The van der Waals surface area contributed by atoms with E-state index in [9.17, 15) is 28.7 Å². The zero-order valence-electron chi connectivity index (χ0n) is 21.7. The standard InChI is InChI=1S/C29H27FN4O6/c1-32-15-21(13-31-32)18-4-7-24-19(10-18)8-9-29(24)27(38)34(28(39)40-29)16-25(35)33(23-11-20(12-23)26(36)37)14-17-2-5-22(30)6-3-17/h2-7,10,13,15,20,23H,8-9,11-12,14,16H2,1H3,(H,36,37)/t20?,23?,29-/m1/s1. The third-order valence-electron chi connectivity index (χ3n) is 8.18. The molecule has 0 unspecified atom stereocenters. The number of imide groups is 1. The molecule has 2 heterocycles. The Balaban J connectivity index is 1.22. The number of hydrogen-bond donors (Lipinski definition) is 1. The number of amides is 3. The largest absolute Gasteiger partial charge is 0.481 e. The summed E-state index contributed by atoms with van der Waals surface area (Å²) in [5, 5.41) is 13.5. The van der Waals surface area contributed by atoms with Crippen molar-refractivity contribution in [2.45, 2.75) is 43.9 Å². The molecule has 0 bridgehead atoms. The summed E-state index contributed by atoms with van der Waals surface area (Å²) in [6, 6.07) is 10.9. The Kier molecular flexibility index (Phi) is 6.16. The maximum Gasteiger partial charge on any atom is 0.418 e. The van der Waals surface area contributed by atoms with Gasteiger partial charge in [0, 0.05) is 43.4 Å². The maximum absolute atomic E-state index is 13.7. The lowest BCUT2D eigenvalue weighted by atomic mass is 9.79. The summed E-state index contributed by atoms with van der Waals surface area (Å²) in [7, 11) is 1.83. The number of aromatic nitrogens is 2. The third-order valence-corrected chi connectivity index (χ3v) is 8.18. The van der Waals surface area contributed by atoms with Gasteiger partial charge in [0.15, 0.2) is 0 Å². The van der Waals surface area contributed by atoms with Gasteiger partial charge in [0.05, 0.1) is 12.1 Å². The molecule has 1 saturated carbocycles. The molecule has 3 aliphatic rings. The highest BCUT2D eigenvalue weighted by atomic mass is 19.1. The van der Waals surface area contributed by atoms with Crippen LogP contribution in [0.25, 0.3) is 11.1 Å². The number of nitrogens with zero attached hydrogens (tertiary/aromatic N) is 4. The molecule has 0 radical (unpaired) electrons. The molecule has 6 rings (SSSR count). The molecule has 1 atom stereocenters. The highest BCUT2D eigenvalue weighted by Crippen LogP contribution is 2.46. The van der Waals surface area contributed by atoms with E-state index in [0.29, 0.717) is 17.5 Å². The normalized spacial score (nSPS) is 23.2. The average molecular weight is 547 g/mol. The number of carboxylic acid groups (broad SMARTS) is 1. The summed E-state index contributed by atoms with van der Waals surface area (Å²) in [5.41, 5.74) is 2.53. The fraction of sp³-hybridized carbons (Fsp3) is 0.345. The Labute approximate surface area is 228 Å². The van der Waals surface area contributed by atoms with Gasteiger partial charge in [-0.15, -0.1) is 0 Å². The molecule has 2 aromatic carbocycles. The number of benzene rings is 2. The van der Waals surface area contributed by atoms with Crippen LogP contribution in [0.1, 0.15) is 36.0 Å². The highest BCUT2D eigenvalue weighted by Gasteiger charge is 2.58. The van der Waals surface area contributed by atoms with E-state index in [1.54, 1.807) is 29.1 Å². The second-order valence-electron chi connectivity index (χ2n) is 10.7. The summed E-state index contributed by atoms with van der Waals surface area (Å²) >= 11 is 0. The fourth-order valence-corrected chi connectivity index (χ4v) is 5.88. The van der Waals surface area contributed by atoms with Gasteiger partial charge in [-0.3, -0.25) is 19.1 Å². The predicted molar refractivity (Wildman–Crippen MR) is 138 cm³/mol. The molecule has 1 aliphatic heterocycles. The Morgan fingerprint density at radius 3 is 2.58 bits per heavy atom. The van der Waals surface area contributed by atoms with Crippen LogP contribution < -0.4 is 0 Å². The van der Waals surface area contributed by atoms with Crippen LogP contribution in [0.5, 0.6) is 0 Å². The fourth-order valence-electron chi connectivity index (χ4n) is 5.88. The number of halogens is 1. The van der Waals surface area contributed by atoms with Crippen molar-refractivity contribution >= 4 is 23.9 Å². The van der Waals surface area contributed by atoms with Crippen molar-refractivity contribution in [3.63, 3.8) is 0 Å². The van der Waals surface area contributed by atoms with Gasteiger partial charge < -0.3 is 14.7 Å². The molecule has 1 aromatic heterocycles. The van der Waals surface area contributed by atoms with Crippen LogP contribution in [0.3, 0.4) is 0 Å². The number of carboxylic acids is 1. The molecule has 3 amide bonds. The molecule has 3 aromatic rings. The van der Waals surface area contributed by atoms with E-state index < -0.39 is 47.8 Å². The van der Waals surface area contributed by atoms with Crippen LogP contribution in [-0.4, -0.2) is 61.2 Å². The highest BCUT2D eigenvalue weighted by molar-refractivity contribution is 6.06. The van der Waals surface area contributed by atoms with Gasteiger partial charge >= 0.3 is 12.1 Å². The van der Waals surface area contributed by atoms with Crippen LogP contribution in [0, 0.1) is 11.7 Å². The van der Waals surface area contributed by atoms with E-state index in [0.717, 1.165) is 21.6 Å². The van der Waals surface area contributed by atoms with E-state index in [1.807, 2.05) is 25.4 Å². The summed E-state index contributed by atoms with van der Waals surface area (Å²) in [5.74, 6) is -3.02. The second-order valence-corrected chi connectivity index (χ2v) is 10.7. The molecule has 2 fully saturated rings. The van der Waals surface area contributed by atoms with Gasteiger partial charge in [-0.1, -0.05) is 30.3 Å². The first-order valence-corrected chi connectivity index (χ1v) is 13.1. The average Bonchev–Trinajstić information content (AvgIpc) is 3.56. The van der Waals surface area contributed by atoms with Gasteiger partial charge in [0.2, 0.25) is 11.5 Å². The smallest absolute Gasteiger partial charge is 0.418 e. The predicted octanol–water partition coefficient (Wildman–Crippen LogP) is 3.24. The Morgan fingerprint density at radius 2 is 1.90 bits per heavy atom. The van der Waals surface area contributed by atoms with Gasteiger partial charge in [-0.2, -0.15) is 5.10 Å². The topological polar surface area (TPSA) is 122 Å². The number of aliphatic carboxylic acids is 1. The summed E-state index contributed by atoms with van der Waals surface area (Å²) < 4.78 is 20.8. The van der Waals surface area contributed by atoms with Gasteiger partial charge in [0.1, 0.15) is 12.4 Å². The Hall–Kier alpha value is -4.54. The van der Waals surface area contributed by atoms with Crippen molar-refractivity contribution in [3.8, 4) is 11.1 Å². The lowest BCUT2D eigenvalue weighted by molar-refractivity contribution is -0.152. The Morgan fingerprint density at radius 1 is 1.15 bits per heavy atom. The first-order valence-electron chi connectivity index (χ1n) is 13.1. The quantitative estimate of drug-likeness (QED) is 0.483. The molecule has 11 heteroatoms. The lowest BCUT2D eigenvalue weighted by Crippen LogP contribution is -2.52. The first kappa shape index (κ1) is 25.7. The second kappa shape index (κ2) is 9.58. The molecule has 40 heavy (non-hydrogen) atoms. The van der Waals surface area contributed by atoms with Crippen LogP contribution >= 0.6 is 0 Å². The van der Waals surface area contributed by atoms with E-state index >= 15 is 0 Å². The molecule has 2 aliphatic carbocycles. The number of ether oxygens (including phenoxy) is 1. The number of carbonyl (C=O) groups excluding carboxylic acids is 3. The van der Waals surface area contributed by atoms with Gasteiger partial charge in [-0.05, 0) is 48.1 Å². The van der Waals surface area contributed by atoms with E-state index in [2.05, 4.69) is 5.10 Å². The minimum Gasteiger partial charge on any atom is -0.481 e. The van der Waals surface area contributed by atoms with Crippen molar-refractivity contribution in [1.29, 1.82) is 0 Å². The lowest BCUT2D eigenvalue weighted by Gasteiger charge is -2.41. The molecule has 1 spiro atoms. The Bertz CT molecular complexity index is 1530. The first-order chi connectivity index (χ1) is 19.1. The number of aryl methyl sites for hydroxylation is 2. The molecule has 1 saturated heterocycles. The minimum absolute atomic E-state index is 0.0955. The van der Waals surface area contributed by atoms with Crippen LogP contribution in [-0.2, 0) is 44.7 Å². The minimum atomic E-state index is -1.48.